The van der Waals surface area contributed by atoms with Crippen LogP contribution in [0.25, 0.3) is 10.9 Å². The topological polar surface area (TPSA) is 19.0 Å². The molecule has 3 heteroatoms. The molecule has 1 aromatic heterocycles. The molecule has 134 valence electrons. The van der Waals surface area contributed by atoms with Gasteiger partial charge in [0.2, 0.25) is 0 Å². The number of fused-ring (bicyclic) bond motifs is 3. The van der Waals surface area contributed by atoms with Crippen molar-refractivity contribution in [1.29, 1.82) is 0 Å². The van der Waals surface area contributed by atoms with E-state index in [1.54, 1.807) is 0 Å². The first kappa shape index (κ1) is 16.6. The van der Waals surface area contributed by atoms with Crippen LogP contribution in [0, 0.1) is 0 Å². The van der Waals surface area contributed by atoms with E-state index in [0.29, 0.717) is 0 Å². The second-order valence-corrected chi connectivity index (χ2v) is 7.66. The van der Waals surface area contributed by atoms with Gasteiger partial charge in [0.25, 0.3) is 0 Å². The maximum atomic E-state index is 6.28. The fourth-order valence-corrected chi connectivity index (χ4v) is 4.48. The van der Waals surface area contributed by atoms with E-state index in [4.69, 9.17) is 11.6 Å². The zero-order chi connectivity index (χ0) is 18.2. The van der Waals surface area contributed by atoms with E-state index < -0.39 is 0 Å². The van der Waals surface area contributed by atoms with Crippen molar-refractivity contribution in [3.63, 3.8) is 0 Å². The molecule has 0 saturated carbocycles. The highest BCUT2D eigenvalue weighted by atomic mass is 35.5. The fourth-order valence-electron chi connectivity index (χ4n) is 4.31. The van der Waals surface area contributed by atoms with Gasteiger partial charge in [-0.2, -0.15) is 0 Å². The Labute approximate surface area is 164 Å². The summed E-state index contributed by atoms with van der Waals surface area (Å²) < 4.78 is 0. The first-order valence-corrected chi connectivity index (χ1v) is 9.80. The van der Waals surface area contributed by atoms with Crippen LogP contribution in [-0.2, 0) is 13.0 Å². The van der Waals surface area contributed by atoms with E-state index in [9.17, 15) is 0 Å². The molecule has 1 atom stereocenters. The minimum atomic E-state index is 0.223. The zero-order valence-electron chi connectivity index (χ0n) is 15.0. The third-order valence-corrected chi connectivity index (χ3v) is 5.77. The summed E-state index contributed by atoms with van der Waals surface area (Å²) in [5.41, 5.74) is 6.56. The van der Waals surface area contributed by atoms with E-state index in [0.717, 1.165) is 24.5 Å². The standard InChI is InChI=1S/C24H21ClN2/c25-19-11-12-22-21(15-19)20-13-14-27(16-17-7-3-1-4-8-17)24(23(20)26-22)18-9-5-2-6-10-18/h1-12,15,24,26H,13-14,16H2. The summed E-state index contributed by atoms with van der Waals surface area (Å²) in [7, 11) is 0. The van der Waals surface area contributed by atoms with Crippen molar-refractivity contribution in [3.05, 3.63) is 106 Å². The molecule has 2 heterocycles. The number of H-pyrrole nitrogens is 1. The lowest BCUT2D eigenvalue weighted by atomic mass is 9.92. The van der Waals surface area contributed by atoms with Crippen molar-refractivity contribution in [2.75, 3.05) is 6.54 Å². The molecule has 1 unspecified atom stereocenters. The molecule has 0 fully saturated rings. The normalized spacial score (nSPS) is 17.1. The Morgan fingerprint density at radius 3 is 2.44 bits per heavy atom. The largest absolute Gasteiger partial charge is 0.357 e. The van der Waals surface area contributed by atoms with Gasteiger partial charge in [0.15, 0.2) is 0 Å². The quantitative estimate of drug-likeness (QED) is 0.469. The Balaban J connectivity index is 1.63. The second kappa shape index (κ2) is 6.88. The van der Waals surface area contributed by atoms with E-state index in [1.807, 2.05) is 6.07 Å². The van der Waals surface area contributed by atoms with Gasteiger partial charge in [-0.3, -0.25) is 4.90 Å². The minimum absolute atomic E-state index is 0.223. The van der Waals surface area contributed by atoms with Gasteiger partial charge >= 0.3 is 0 Å². The molecule has 0 spiro atoms. The average Bonchev–Trinajstić information content (AvgIpc) is 3.07. The predicted octanol–water partition coefficient (Wildman–Crippen LogP) is 5.97. The van der Waals surface area contributed by atoms with Crippen LogP contribution in [0.5, 0.6) is 0 Å². The van der Waals surface area contributed by atoms with Crippen molar-refractivity contribution in [2.45, 2.75) is 19.0 Å². The van der Waals surface area contributed by atoms with Crippen LogP contribution in [-0.4, -0.2) is 16.4 Å². The van der Waals surface area contributed by atoms with Crippen molar-refractivity contribution in [2.24, 2.45) is 0 Å². The molecule has 3 aromatic carbocycles. The number of nitrogens with zero attached hydrogens (tertiary/aromatic N) is 1. The fraction of sp³-hybridized carbons (Fsp3) is 0.167. The number of halogens is 1. The molecular weight excluding hydrogens is 352 g/mol. The molecular formula is C24H21ClN2. The minimum Gasteiger partial charge on any atom is -0.357 e. The maximum absolute atomic E-state index is 6.28. The van der Waals surface area contributed by atoms with Crippen LogP contribution in [0.1, 0.15) is 28.4 Å². The highest BCUT2D eigenvalue weighted by Crippen LogP contribution is 2.39. The Bertz CT molecular complexity index is 1070. The summed E-state index contributed by atoms with van der Waals surface area (Å²) in [5.74, 6) is 0. The lowest BCUT2D eigenvalue weighted by Gasteiger charge is -2.36. The van der Waals surface area contributed by atoms with E-state index in [2.05, 4.69) is 82.7 Å². The summed E-state index contributed by atoms with van der Waals surface area (Å²) in [4.78, 5) is 6.28. The van der Waals surface area contributed by atoms with Crippen LogP contribution in [0.3, 0.4) is 0 Å². The maximum Gasteiger partial charge on any atom is 0.0760 e. The first-order chi connectivity index (χ1) is 13.3. The molecule has 0 amide bonds. The monoisotopic (exact) mass is 372 g/mol. The highest BCUT2D eigenvalue weighted by Gasteiger charge is 2.31. The van der Waals surface area contributed by atoms with Crippen LogP contribution >= 0.6 is 11.6 Å². The van der Waals surface area contributed by atoms with Gasteiger partial charge < -0.3 is 4.98 Å². The van der Waals surface area contributed by atoms with Crippen LogP contribution in [0.4, 0.5) is 0 Å². The molecule has 27 heavy (non-hydrogen) atoms. The SMILES string of the molecule is Clc1ccc2[nH]c3c(c2c1)CCN(Cc1ccccc1)C3c1ccccc1. The van der Waals surface area contributed by atoms with E-state index >= 15 is 0 Å². The third-order valence-electron chi connectivity index (χ3n) is 5.53. The Morgan fingerprint density at radius 1 is 0.926 bits per heavy atom. The van der Waals surface area contributed by atoms with Gasteiger partial charge in [0.05, 0.1) is 6.04 Å². The summed E-state index contributed by atoms with van der Waals surface area (Å²) in [6.07, 6.45) is 1.03. The van der Waals surface area contributed by atoms with Gasteiger partial charge in [-0.25, -0.2) is 0 Å². The summed E-state index contributed by atoms with van der Waals surface area (Å²) >= 11 is 6.28. The number of aromatic amines is 1. The number of aromatic nitrogens is 1. The molecule has 0 aliphatic carbocycles. The average molecular weight is 373 g/mol. The highest BCUT2D eigenvalue weighted by molar-refractivity contribution is 6.31. The second-order valence-electron chi connectivity index (χ2n) is 7.23. The van der Waals surface area contributed by atoms with Crippen LogP contribution < -0.4 is 0 Å². The molecule has 4 aromatic rings. The summed E-state index contributed by atoms with van der Waals surface area (Å²) in [5, 5.41) is 2.06. The third kappa shape index (κ3) is 3.05. The number of hydrogen-bond acceptors (Lipinski definition) is 1. The number of hydrogen-bond donors (Lipinski definition) is 1. The summed E-state index contributed by atoms with van der Waals surface area (Å²) in [6, 6.07) is 27.9. The predicted molar refractivity (Wildman–Crippen MR) is 112 cm³/mol. The van der Waals surface area contributed by atoms with Crippen molar-refractivity contribution in [3.8, 4) is 0 Å². The van der Waals surface area contributed by atoms with Gasteiger partial charge in [0.1, 0.15) is 0 Å². The molecule has 5 rings (SSSR count). The van der Waals surface area contributed by atoms with Gasteiger partial charge in [-0.1, -0.05) is 72.3 Å². The molecule has 1 aliphatic heterocycles. The Kier molecular flexibility index (Phi) is 4.23. The number of rotatable bonds is 3. The van der Waals surface area contributed by atoms with Crippen LogP contribution in [0.2, 0.25) is 5.02 Å². The number of benzene rings is 3. The smallest absolute Gasteiger partial charge is 0.0760 e. The first-order valence-electron chi connectivity index (χ1n) is 9.42. The van der Waals surface area contributed by atoms with Crippen molar-refractivity contribution >= 4 is 22.5 Å². The van der Waals surface area contributed by atoms with Crippen molar-refractivity contribution in [1.82, 2.24) is 9.88 Å². The molecule has 1 N–H and O–H groups in total. The number of nitrogens with one attached hydrogen (secondary N) is 1. The van der Waals surface area contributed by atoms with Crippen molar-refractivity contribution < 1.29 is 0 Å². The molecule has 0 bridgehead atoms. The van der Waals surface area contributed by atoms with E-state index in [1.165, 1.54) is 33.3 Å². The van der Waals surface area contributed by atoms with Gasteiger partial charge in [0, 0.05) is 34.7 Å². The summed E-state index contributed by atoms with van der Waals surface area (Å²) in [6.45, 7) is 1.97. The van der Waals surface area contributed by atoms with Gasteiger partial charge in [-0.15, -0.1) is 0 Å². The molecule has 2 nitrogen and oxygen atoms in total. The Morgan fingerprint density at radius 2 is 1.67 bits per heavy atom. The van der Waals surface area contributed by atoms with Crippen LogP contribution in [0.15, 0.2) is 78.9 Å². The lowest BCUT2D eigenvalue weighted by Crippen LogP contribution is -2.35. The Hall–Kier alpha value is -2.55. The lowest BCUT2D eigenvalue weighted by molar-refractivity contribution is 0.202. The van der Waals surface area contributed by atoms with Gasteiger partial charge in [-0.05, 0) is 41.3 Å². The molecule has 1 aliphatic rings. The zero-order valence-corrected chi connectivity index (χ0v) is 15.8. The van der Waals surface area contributed by atoms with E-state index in [-0.39, 0.29) is 6.04 Å². The molecule has 0 saturated heterocycles. The molecule has 0 radical (unpaired) electrons.